The van der Waals surface area contributed by atoms with Crippen LogP contribution in [0, 0.1) is 11.6 Å². The molecule has 0 fully saturated rings. The predicted molar refractivity (Wildman–Crippen MR) is 44.4 cm³/mol. The molecule has 15 heavy (non-hydrogen) atoms. The van der Waals surface area contributed by atoms with E-state index in [9.17, 15) is 26.7 Å². The summed E-state index contributed by atoms with van der Waals surface area (Å²) in [6.45, 7) is 0. The molecule has 0 amide bonds. The fraction of sp³-hybridized carbons (Fsp3) is 0.125. The van der Waals surface area contributed by atoms with Gasteiger partial charge in [0.2, 0.25) is 0 Å². The van der Waals surface area contributed by atoms with Gasteiger partial charge in [0.05, 0.1) is 5.56 Å². The Balaban J connectivity index is 3.33. The molecule has 1 nitrogen and oxygen atoms in total. The lowest BCUT2D eigenvalue weighted by atomic mass is 10.1. The zero-order chi connectivity index (χ0) is 11.8. The van der Waals surface area contributed by atoms with Crippen LogP contribution in [0.15, 0.2) is 16.6 Å². The highest BCUT2D eigenvalue weighted by Gasteiger charge is 2.42. The van der Waals surface area contributed by atoms with Crippen LogP contribution in [0.5, 0.6) is 0 Å². The van der Waals surface area contributed by atoms with Crippen LogP contribution in [0.3, 0.4) is 0 Å². The first kappa shape index (κ1) is 12.1. The Morgan fingerprint density at radius 1 is 1.13 bits per heavy atom. The molecule has 0 spiro atoms. The fourth-order valence-electron chi connectivity index (χ4n) is 0.901. The summed E-state index contributed by atoms with van der Waals surface area (Å²) in [6.07, 6.45) is -5.30. The van der Waals surface area contributed by atoms with Gasteiger partial charge in [0.25, 0.3) is 5.78 Å². The quantitative estimate of drug-likeness (QED) is 0.571. The number of carbonyl (C=O) groups is 1. The first-order valence-electron chi connectivity index (χ1n) is 3.49. The van der Waals surface area contributed by atoms with E-state index in [0.717, 1.165) is 0 Å². The van der Waals surface area contributed by atoms with Crippen LogP contribution >= 0.6 is 15.9 Å². The zero-order valence-electron chi connectivity index (χ0n) is 6.83. The molecule has 0 aliphatic rings. The number of alkyl halides is 3. The van der Waals surface area contributed by atoms with E-state index in [1.54, 1.807) is 0 Å². The molecule has 0 saturated carbocycles. The highest BCUT2D eigenvalue weighted by Crippen LogP contribution is 2.27. The van der Waals surface area contributed by atoms with Gasteiger partial charge in [-0.1, -0.05) is 15.9 Å². The summed E-state index contributed by atoms with van der Waals surface area (Å²) in [6, 6.07) is 1.17. The highest BCUT2D eigenvalue weighted by atomic mass is 79.9. The van der Waals surface area contributed by atoms with Crippen molar-refractivity contribution in [1.82, 2.24) is 0 Å². The van der Waals surface area contributed by atoms with Gasteiger partial charge < -0.3 is 0 Å². The molecule has 1 rings (SSSR count). The number of hydrogen-bond donors (Lipinski definition) is 0. The van der Waals surface area contributed by atoms with Gasteiger partial charge in [-0.3, -0.25) is 4.79 Å². The third-order valence-electron chi connectivity index (χ3n) is 1.49. The monoisotopic (exact) mass is 288 g/mol. The van der Waals surface area contributed by atoms with E-state index in [4.69, 9.17) is 0 Å². The molecule has 0 aromatic heterocycles. The van der Waals surface area contributed by atoms with Crippen LogP contribution in [0.25, 0.3) is 0 Å². The van der Waals surface area contributed by atoms with Gasteiger partial charge in [0, 0.05) is 4.47 Å². The average molecular weight is 289 g/mol. The van der Waals surface area contributed by atoms with Gasteiger partial charge in [0.1, 0.15) is 11.6 Å². The number of rotatable bonds is 1. The SMILES string of the molecule is O=C(c1c(F)cc(Br)cc1F)C(F)(F)F. The number of benzene rings is 1. The molecule has 1 aromatic carbocycles. The molecular formula is C8H2BrF5O. The van der Waals surface area contributed by atoms with Crippen molar-refractivity contribution in [3.8, 4) is 0 Å². The van der Waals surface area contributed by atoms with E-state index >= 15 is 0 Å². The van der Waals surface area contributed by atoms with E-state index < -0.39 is 29.2 Å². The molecule has 0 aliphatic carbocycles. The zero-order valence-corrected chi connectivity index (χ0v) is 8.42. The van der Waals surface area contributed by atoms with Gasteiger partial charge in [-0.05, 0) is 12.1 Å². The second kappa shape index (κ2) is 3.88. The van der Waals surface area contributed by atoms with E-state index in [1.807, 2.05) is 0 Å². The summed E-state index contributed by atoms with van der Waals surface area (Å²) in [5.41, 5.74) is -1.59. The minimum atomic E-state index is -5.30. The maximum Gasteiger partial charge on any atom is 0.455 e. The van der Waals surface area contributed by atoms with Crippen LogP contribution in [0.4, 0.5) is 22.0 Å². The van der Waals surface area contributed by atoms with Gasteiger partial charge in [-0.2, -0.15) is 13.2 Å². The molecule has 0 bridgehead atoms. The lowest BCUT2D eigenvalue weighted by Crippen LogP contribution is -2.25. The fourth-order valence-corrected chi connectivity index (χ4v) is 1.30. The lowest BCUT2D eigenvalue weighted by Gasteiger charge is -2.07. The Kier molecular flexibility index (Phi) is 3.13. The summed E-state index contributed by atoms with van der Waals surface area (Å²) < 4.78 is 61.4. The first-order chi connectivity index (χ1) is 6.73. The Labute approximate surface area is 89.0 Å². The molecular weight excluding hydrogens is 287 g/mol. The van der Waals surface area contributed by atoms with Crippen molar-refractivity contribution in [1.29, 1.82) is 0 Å². The Morgan fingerprint density at radius 2 is 1.53 bits per heavy atom. The predicted octanol–water partition coefficient (Wildman–Crippen LogP) is 3.47. The molecule has 0 N–H and O–H groups in total. The lowest BCUT2D eigenvalue weighted by molar-refractivity contribution is -0.0890. The third kappa shape index (κ3) is 2.53. The molecule has 0 aliphatic heterocycles. The maximum atomic E-state index is 12.9. The van der Waals surface area contributed by atoms with E-state index in [-0.39, 0.29) is 4.47 Å². The third-order valence-corrected chi connectivity index (χ3v) is 1.95. The molecule has 0 atom stereocenters. The van der Waals surface area contributed by atoms with Crippen molar-refractivity contribution in [3.05, 3.63) is 33.8 Å². The molecule has 0 saturated heterocycles. The van der Waals surface area contributed by atoms with E-state index in [2.05, 4.69) is 15.9 Å². The van der Waals surface area contributed by atoms with E-state index in [1.165, 1.54) is 0 Å². The molecule has 0 unspecified atom stereocenters. The van der Waals surface area contributed by atoms with Gasteiger partial charge in [-0.25, -0.2) is 8.78 Å². The van der Waals surface area contributed by atoms with Gasteiger partial charge in [0.15, 0.2) is 0 Å². The smallest absolute Gasteiger partial charge is 0.284 e. The number of Topliss-reactive ketones (excluding diaryl/α,β-unsaturated/α-hetero) is 1. The van der Waals surface area contributed by atoms with Crippen LogP contribution in [0.2, 0.25) is 0 Å². The van der Waals surface area contributed by atoms with Crippen LogP contribution < -0.4 is 0 Å². The summed E-state index contributed by atoms with van der Waals surface area (Å²) in [5, 5.41) is 0. The average Bonchev–Trinajstić information content (AvgIpc) is 1.99. The Morgan fingerprint density at radius 3 is 1.87 bits per heavy atom. The van der Waals surface area contributed by atoms with Crippen molar-refractivity contribution in [2.75, 3.05) is 0 Å². The largest absolute Gasteiger partial charge is 0.455 e. The van der Waals surface area contributed by atoms with Crippen LogP contribution in [0.1, 0.15) is 10.4 Å². The van der Waals surface area contributed by atoms with Gasteiger partial charge >= 0.3 is 6.18 Å². The summed E-state index contributed by atoms with van der Waals surface area (Å²) in [4.78, 5) is 10.6. The van der Waals surface area contributed by atoms with Crippen LogP contribution in [-0.4, -0.2) is 12.0 Å². The summed E-state index contributed by atoms with van der Waals surface area (Å²) in [5.74, 6) is -5.64. The second-order valence-corrected chi connectivity index (χ2v) is 3.49. The highest BCUT2D eigenvalue weighted by molar-refractivity contribution is 9.10. The minimum Gasteiger partial charge on any atom is -0.284 e. The number of ketones is 1. The maximum absolute atomic E-state index is 12.9. The van der Waals surface area contributed by atoms with Gasteiger partial charge in [-0.15, -0.1) is 0 Å². The number of hydrogen-bond acceptors (Lipinski definition) is 1. The van der Waals surface area contributed by atoms with Crippen LogP contribution in [-0.2, 0) is 0 Å². The minimum absolute atomic E-state index is 0.0868. The molecule has 82 valence electrons. The summed E-state index contributed by atoms with van der Waals surface area (Å²) >= 11 is 2.67. The van der Waals surface area contributed by atoms with Crippen molar-refractivity contribution in [2.45, 2.75) is 6.18 Å². The van der Waals surface area contributed by atoms with E-state index in [0.29, 0.717) is 12.1 Å². The molecule has 0 heterocycles. The van der Waals surface area contributed by atoms with Crippen molar-refractivity contribution in [2.24, 2.45) is 0 Å². The molecule has 0 radical (unpaired) electrons. The Hall–Kier alpha value is -0.980. The molecule has 7 heteroatoms. The number of carbonyl (C=O) groups excluding carboxylic acids is 1. The second-order valence-electron chi connectivity index (χ2n) is 2.57. The first-order valence-corrected chi connectivity index (χ1v) is 4.29. The Bertz CT molecular complexity index is 389. The van der Waals surface area contributed by atoms with Crippen molar-refractivity contribution < 1.29 is 26.7 Å². The van der Waals surface area contributed by atoms with Crippen molar-refractivity contribution in [3.63, 3.8) is 0 Å². The molecule has 1 aromatic rings. The normalized spacial score (nSPS) is 11.6. The standard InChI is InChI=1S/C8H2BrF5O/c9-3-1-4(10)6(5(11)2-3)7(15)8(12,13)14/h1-2H. The summed E-state index contributed by atoms with van der Waals surface area (Å²) in [7, 11) is 0. The number of halogens is 6. The topological polar surface area (TPSA) is 17.1 Å². The van der Waals surface area contributed by atoms with Crippen molar-refractivity contribution >= 4 is 21.7 Å².